The number of nitrogens with zero attached hydrogens (tertiary/aromatic N) is 1. The number of imidazole rings is 1. The van der Waals surface area contributed by atoms with E-state index in [1.807, 2.05) is 0 Å². The predicted molar refractivity (Wildman–Crippen MR) is 151 cm³/mol. The van der Waals surface area contributed by atoms with E-state index < -0.39 is 35.1 Å². The van der Waals surface area contributed by atoms with Gasteiger partial charge in [0.2, 0.25) is 5.82 Å². The van der Waals surface area contributed by atoms with E-state index in [2.05, 4.69) is 21.5 Å². The number of hydrogen-bond acceptors (Lipinski definition) is 6. The number of aromatic amines is 2. The van der Waals surface area contributed by atoms with Crippen LogP contribution < -0.4 is 14.2 Å². The molecule has 8 nitrogen and oxygen atoms in total. The SMILES string of the molecule is C=C[C@]1(c2cnc(C3=CC(Oc4c(F)c(F)c5[nH]ccc5c4SC)CC=C3F)[nH]2)CCOc2c(OC(=O)O)cccc21. The number of carboxylic acid groups (broad SMARTS) is 1. The molecule has 0 saturated heterocycles. The third kappa shape index (κ3) is 4.42. The molecule has 2 aromatic heterocycles. The van der Waals surface area contributed by atoms with Gasteiger partial charge in [0, 0.05) is 41.9 Å². The number of carbonyl (C=O) groups is 1. The maximum atomic E-state index is 15.2. The van der Waals surface area contributed by atoms with Gasteiger partial charge in [0.05, 0.1) is 28.0 Å². The lowest BCUT2D eigenvalue weighted by Crippen LogP contribution is -2.33. The topological polar surface area (TPSA) is 109 Å². The van der Waals surface area contributed by atoms with Crippen LogP contribution in [-0.2, 0) is 5.41 Å². The van der Waals surface area contributed by atoms with E-state index in [1.54, 1.807) is 36.7 Å². The first-order valence-electron chi connectivity index (χ1n) is 12.9. The van der Waals surface area contributed by atoms with Crippen molar-refractivity contribution in [2.75, 3.05) is 12.9 Å². The minimum atomic E-state index is -1.48. The van der Waals surface area contributed by atoms with Crippen molar-refractivity contribution in [2.45, 2.75) is 29.3 Å². The van der Waals surface area contributed by atoms with E-state index in [0.29, 0.717) is 28.0 Å². The highest BCUT2D eigenvalue weighted by molar-refractivity contribution is 7.99. The van der Waals surface area contributed by atoms with E-state index >= 15 is 8.78 Å². The van der Waals surface area contributed by atoms with E-state index in [-0.39, 0.29) is 47.2 Å². The Balaban J connectivity index is 1.36. The molecule has 1 aliphatic heterocycles. The van der Waals surface area contributed by atoms with E-state index in [0.717, 1.165) is 0 Å². The summed E-state index contributed by atoms with van der Waals surface area (Å²) in [7, 11) is 0. The summed E-state index contributed by atoms with van der Waals surface area (Å²) in [5, 5.41) is 9.62. The molecule has 42 heavy (non-hydrogen) atoms. The number of fused-ring (bicyclic) bond motifs is 2. The summed E-state index contributed by atoms with van der Waals surface area (Å²) in [6.45, 7) is 4.24. The van der Waals surface area contributed by atoms with Gasteiger partial charge in [-0.05, 0) is 30.5 Å². The number of para-hydroxylation sites is 1. The van der Waals surface area contributed by atoms with Crippen molar-refractivity contribution in [1.29, 1.82) is 0 Å². The van der Waals surface area contributed by atoms with Crippen molar-refractivity contribution in [2.24, 2.45) is 0 Å². The fourth-order valence-corrected chi connectivity index (χ4v) is 6.21. The molecule has 1 aliphatic carbocycles. The van der Waals surface area contributed by atoms with Crippen molar-refractivity contribution in [3.05, 3.63) is 96.0 Å². The summed E-state index contributed by atoms with van der Waals surface area (Å²) in [5.41, 5.74) is 0.445. The Labute approximate surface area is 241 Å². The Hall–Kier alpha value is -4.58. The normalized spacial score (nSPS) is 19.9. The lowest BCUT2D eigenvalue weighted by atomic mass is 9.73. The van der Waals surface area contributed by atoms with Crippen LogP contribution in [0.3, 0.4) is 0 Å². The van der Waals surface area contributed by atoms with Crippen LogP contribution in [0.2, 0.25) is 0 Å². The van der Waals surface area contributed by atoms with Gasteiger partial charge in [-0.15, -0.1) is 18.3 Å². The first-order chi connectivity index (χ1) is 20.3. The molecule has 2 aromatic carbocycles. The second kappa shape index (κ2) is 10.7. The zero-order chi connectivity index (χ0) is 29.6. The lowest BCUT2D eigenvalue weighted by Gasteiger charge is -2.36. The van der Waals surface area contributed by atoms with Crippen LogP contribution in [0.5, 0.6) is 17.2 Å². The summed E-state index contributed by atoms with van der Waals surface area (Å²) >= 11 is 1.22. The van der Waals surface area contributed by atoms with E-state index in [4.69, 9.17) is 19.3 Å². The van der Waals surface area contributed by atoms with Crippen LogP contribution in [-0.4, -0.2) is 45.2 Å². The lowest BCUT2D eigenvalue weighted by molar-refractivity contribution is 0.140. The molecule has 6 rings (SSSR count). The molecule has 3 heterocycles. The van der Waals surface area contributed by atoms with Crippen LogP contribution in [0.1, 0.15) is 29.9 Å². The van der Waals surface area contributed by atoms with Gasteiger partial charge in [0.15, 0.2) is 23.1 Å². The molecule has 216 valence electrons. The molecule has 0 fully saturated rings. The first-order valence-corrected chi connectivity index (χ1v) is 14.1. The van der Waals surface area contributed by atoms with Crippen LogP contribution >= 0.6 is 11.8 Å². The molecular weight excluding hydrogens is 571 g/mol. The molecular formula is C30H24F3N3O5S. The number of rotatable bonds is 7. The fraction of sp³-hybridized carbons (Fsp3) is 0.200. The molecule has 4 aromatic rings. The van der Waals surface area contributed by atoms with Gasteiger partial charge in [0.1, 0.15) is 17.8 Å². The molecule has 12 heteroatoms. The summed E-state index contributed by atoms with van der Waals surface area (Å²) < 4.78 is 61.7. The first kappa shape index (κ1) is 27.6. The van der Waals surface area contributed by atoms with Crippen molar-refractivity contribution in [3.63, 3.8) is 0 Å². The number of thioether (sulfide) groups is 1. The van der Waals surface area contributed by atoms with Gasteiger partial charge in [-0.1, -0.05) is 18.2 Å². The Morgan fingerprint density at radius 2 is 2.12 bits per heavy atom. The third-order valence-electron chi connectivity index (χ3n) is 7.48. The number of aromatic nitrogens is 3. The van der Waals surface area contributed by atoms with Crippen LogP contribution in [0, 0.1) is 11.6 Å². The average Bonchev–Trinajstić information content (AvgIpc) is 3.68. The van der Waals surface area contributed by atoms with E-state index in [1.165, 1.54) is 36.2 Å². The summed E-state index contributed by atoms with van der Waals surface area (Å²) in [6, 6.07) is 6.55. The molecule has 0 spiro atoms. The van der Waals surface area contributed by atoms with Crippen molar-refractivity contribution < 1.29 is 37.3 Å². The average molecular weight is 596 g/mol. The molecule has 0 radical (unpaired) electrons. The van der Waals surface area contributed by atoms with Crippen LogP contribution in [0.4, 0.5) is 18.0 Å². The van der Waals surface area contributed by atoms with Crippen molar-refractivity contribution in [1.82, 2.24) is 15.0 Å². The highest BCUT2D eigenvalue weighted by Crippen LogP contribution is 2.48. The zero-order valence-corrected chi connectivity index (χ0v) is 23.0. The van der Waals surface area contributed by atoms with Crippen molar-refractivity contribution in [3.8, 4) is 17.2 Å². The third-order valence-corrected chi connectivity index (χ3v) is 8.30. The highest BCUT2D eigenvalue weighted by Gasteiger charge is 2.40. The number of halogens is 3. The largest absolute Gasteiger partial charge is 0.511 e. The molecule has 3 N–H and O–H groups in total. The summed E-state index contributed by atoms with van der Waals surface area (Å²) in [4.78, 5) is 22.0. The second-order valence-corrected chi connectivity index (χ2v) is 10.5. The smallest absolute Gasteiger partial charge is 0.489 e. The molecule has 1 unspecified atom stereocenters. The molecule has 0 bridgehead atoms. The number of benzene rings is 2. The number of H-pyrrole nitrogens is 2. The Morgan fingerprint density at radius 1 is 1.29 bits per heavy atom. The highest BCUT2D eigenvalue weighted by atomic mass is 32.2. The van der Waals surface area contributed by atoms with Crippen molar-refractivity contribution >= 4 is 34.4 Å². The van der Waals surface area contributed by atoms with E-state index in [9.17, 15) is 9.18 Å². The number of hydrogen-bond donors (Lipinski definition) is 3. The molecule has 0 amide bonds. The quantitative estimate of drug-likeness (QED) is 0.0891. The molecule has 2 atom stereocenters. The maximum Gasteiger partial charge on any atom is 0.511 e. The van der Waals surface area contributed by atoms with Gasteiger partial charge in [-0.2, -0.15) is 4.39 Å². The second-order valence-electron chi connectivity index (χ2n) is 9.70. The number of allylic oxidation sites excluding steroid dienone is 3. The standard InChI is InChI=1S/C30H24F3N3O5S/c1-3-30(10-12-39-25-18(30)5-4-6-20(25)41-29(37)38)21-14-35-28(36-21)17-13-15(7-8-19(17)31)40-26-23(33)22(32)24-16(9-11-34-24)27(26)42-2/h3-6,8-9,11,13-15,34H,1,7,10,12H2,2H3,(H,35,36)(H,37,38)/t15?,30-/m0/s1. The molecule has 0 saturated carbocycles. The minimum absolute atomic E-state index is 0.0423. The fourth-order valence-electron chi connectivity index (χ4n) is 5.49. The predicted octanol–water partition coefficient (Wildman–Crippen LogP) is 7.29. The van der Waals surface area contributed by atoms with Crippen LogP contribution in [0.25, 0.3) is 16.5 Å². The minimum Gasteiger partial charge on any atom is -0.489 e. The van der Waals surface area contributed by atoms with Gasteiger partial charge >= 0.3 is 6.16 Å². The number of ether oxygens (including phenoxy) is 3. The Morgan fingerprint density at radius 3 is 2.88 bits per heavy atom. The maximum absolute atomic E-state index is 15.2. The van der Waals surface area contributed by atoms with Crippen LogP contribution in [0.15, 0.2) is 72.2 Å². The summed E-state index contributed by atoms with van der Waals surface area (Å²) in [5.74, 6) is -2.48. The summed E-state index contributed by atoms with van der Waals surface area (Å²) in [6.07, 6.45) is 7.55. The zero-order valence-electron chi connectivity index (χ0n) is 22.2. The van der Waals surface area contributed by atoms with Gasteiger partial charge in [-0.25, -0.2) is 18.6 Å². The Kier molecular flexibility index (Phi) is 7.01. The molecule has 2 aliphatic rings. The van der Waals surface area contributed by atoms with Gasteiger partial charge in [-0.3, -0.25) is 0 Å². The monoisotopic (exact) mass is 595 g/mol. The number of nitrogens with one attached hydrogen (secondary N) is 2. The van der Waals surface area contributed by atoms with Gasteiger partial charge < -0.3 is 29.3 Å². The van der Waals surface area contributed by atoms with Gasteiger partial charge in [0.25, 0.3) is 0 Å². The Bertz CT molecular complexity index is 1800.